The van der Waals surface area contributed by atoms with Crippen LogP contribution in [0.2, 0.25) is 0 Å². The SMILES string of the molecule is CC(O)(CNC(=O)c1ccc(-n2cnnc2)cc1)c1cccs1. The monoisotopic (exact) mass is 328 g/mol. The molecular formula is C16H16N4O2S. The highest BCUT2D eigenvalue weighted by Gasteiger charge is 2.25. The summed E-state index contributed by atoms with van der Waals surface area (Å²) in [6.45, 7) is 1.84. The fourth-order valence-electron chi connectivity index (χ4n) is 2.15. The molecule has 0 bridgehead atoms. The Morgan fingerprint density at radius 1 is 1.26 bits per heavy atom. The molecule has 3 rings (SSSR count). The highest BCUT2D eigenvalue weighted by Crippen LogP contribution is 2.24. The van der Waals surface area contributed by atoms with Gasteiger partial charge in [-0.05, 0) is 42.6 Å². The Balaban J connectivity index is 1.64. The van der Waals surface area contributed by atoms with E-state index in [1.165, 1.54) is 11.3 Å². The van der Waals surface area contributed by atoms with Gasteiger partial charge in [0.1, 0.15) is 18.3 Å². The van der Waals surface area contributed by atoms with Crippen molar-refractivity contribution in [2.24, 2.45) is 0 Å². The first-order valence-electron chi connectivity index (χ1n) is 7.06. The zero-order valence-electron chi connectivity index (χ0n) is 12.5. The number of thiophene rings is 1. The van der Waals surface area contributed by atoms with Crippen molar-refractivity contribution in [3.05, 3.63) is 64.9 Å². The van der Waals surface area contributed by atoms with Gasteiger partial charge in [0.2, 0.25) is 0 Å². The Morgan fingerprint density at radius 3 is 2.57 bits per heavy atom. The molecule has 0 radical (unpaired) electrons. The van der Waals surface area contributed by atoms with Crippen LogP contribution in [0.25, 0.3) is 5.69 Å². The molecule has 7 heteroatoms. The summed E-state index contributed by atoms with van der Waals surface area (Å²) in [5, 5.41) is 22.6. The minimum atomic E-state index is -1.08. The maximum atomic E-state index is 12.2. The summed E-state index contributed by atoms with van der Waals surface area (Å²) in [5.41, 5.74) is 0.327. The van der Waals surface area contributed by atoms with Gasteiger partial charge < -0.3 is 10.4 Å². The summed E-state index contributed by atoms with van der Waals surface area (Å²) in [6, 6.07) is 10.8. The van der Waals surface area contributed by atoms with Crippen LogP contribution in [0.1, 0.15) is 22.2 Å². The predicted octanol–water partition coefficient (Wildman–Crippen LogP) is 1.97. The van der Waals surface area contributed by atoms with Crippen LogP contribution in [0.4, 0.5) is 0 Å². The number of aliphatic hydroxyl groups is 1. The van der Waals surface area contributed by atoms with Crippen LogP contribution in [-0.2, 0) is 5.60 Å². The third kappa shape index (κ3) is 3.46. The van der Waals surface area contributed by atoms with E-state index in [9.17, 15) is 9.90 Å². The molecule has 0 aliphatic rings. The van der Waals surface area contributed by atoms with Gasteiger partial charge in [0.25, 0.3) is 5.91 Å². The summed E-state index contributed by atoms with van der Waals surface area (Å²) in [7, 11) is 0. The van der Waals surface area contributed by atoms with E-state index < -0.39 is 5.60 Å². The summed E-state index contributed by atoms with van der Waals surface area (Å²) in [5.74, 6) is -0.225. The highest BCUT2D eigenvalue weighted by molar-refractivity contribution is 7.10. The largest absolute Gasteiger partial charge is 0.383 e. The van der Waals surface area contributed by atoms with Gasteiger partial charge in [0.05, 0.1) is 6.54 Å². The molecule has 0 spiro atoms. The number of carbonyl (C=O) groups is 1. The lowest BCUT2D eigenvalue weighted by Gasteiger charge is -2.22. The van der Waals surface area contributed by atoms with E-state index in [0.717, 1.165) is 10.6 Å². The topological polar surface area (TPSA) is 80.0 Å². The number of hydrogen-bond acceptors (Lipinski definition) is 5. The molecule has 2 N–H and O–H groups in total. The number of benzene rings is 1. The normalized spacial score (nSPS) is 13.5. The molecule has 23 heavy (non-hydrogen) atoms. The minimum absolute atomic E-state index is 0.152. The average molecular weight is 328 g/mol. The molecule has 3 aromatic rings. The van der Waals surface area contributed by atoms with Crippen molar-refractivity contribution in [2.75, 3.05) is 6.54 Å². The summed E-state index contributed by atoms with van der Waals surface area (Å²) in [4.78, 5) is 13.0. The Bertz CT molecular complexity index is 765. The van der Waals surface area contributed by atoms with Crippen LogP contribution in [0.15, 0.2) is 54.4 Å². The quantitative estimate of drug-likeness (QED) is 0.750. The van der Waals surface area contributed by atoms with Gasteiger partial charge in [-0.3, -0.25) is 9.36 Å². The number of nitrogens with zero attached hydrogens (tertiary/aromatic N) is 3. The number of rotatable bonds is 5. The van der Waals surface area contributed by atoms with Crippen LogP contribution in [0, 0.1) is 0 Å². The second-order valence-corrected chi connectivity index (χ2v) is 6.30. The van der Waals surface area contributed by atoms with Crippen LogP contribution in [0.3, 0.4) is 0 Å². The Morgan fingerprint density at radius 2 is 1.96 bits per heavy atom. The first kappa shape index (κ1) is 15.4. The van der Waals surface area contributed by atoms with Crippen LogP contribution in [-0.4, -0.2) is 32.3 Å². The van der Waals surface area contributed by atoms with E-state index >= 15 is 0 Å². The van der Waals surface area contributed by atoms with Gasteiger partial charge in [0, 0.05) is 16.1 Å². The lowest BCUT2D eigenvalue weighted by atomic mass is 10.0. The number of carbonyl (C=O) groups excluding carboxylic acids is 1. The molecule has 6 nitrogen and oxygen atoms in total. The summed E-state index contributed by atoms with van der Waals surface area (Å²) >= 11 is 1.46. The van der Waals surface area contributed by atoms with E-state index in [2.05, 4.69) is 15.5 Å². The van der Waals surface area contributed by atoms with Crippen LogP contribution >= 0.6 is 11.3 Å². The van der Waals surface area contributed by atoms with E-state index in [1.54, 1.807) is 36.3 Å². The molecule has 0 aliphatic heterocycles. The van der Waals surface area contributed by atoms with E-state index in [0.29, 0.717) is 5.56 Å². The zero-order chi connectivity index (χ0) is 16.3. The maximum absolute atomic E-state index is 12.2. The fourth-order valence-corrected chi connectivity index (χ4v) is 2.93. The minimum Gasteiger partial charge on any atom is -0.383 e. The van der Waals surface area contributed by atoms with Gasteiger partial charge in [-0.1, -0.05) is 6.07 Å². The lowest BCUT2D eigenvalue weighted by molar-refractivity contribution is 0.0557. The van der Waals surface area contributed by atoms with Crippen molar-refractivity contribution in [1.29, 1.82) is 0 Å². The number of hydrogen-bond donors (Lipinski definition) is 2. The molecule has 1 unspecified atom stereocenters. The van der Waals surface area contributed by atoms with Crippen molar-refractivity contribution in [1.82, 2.24) is 20.1 Å². The first-order chi connectivity index (χ1) is 11.1. The van der Waals surface area contributed by atoms with Crippen molar-refractivity contribution in [3.63, 3.8) is 0 Å². The van der Waals surface area contributed by atoms with Crippen molar-refractivity contribution >= 4 is 17.2 Å². The van der Waals surface area contributed by atoms with E-state index in [-0.39, 0.29) is 12.5 Å². The molecule has 0 saturated carbocycles. The van der Waals surface area contributed by atoms with Crippen LogP contribution < -0.4 is 5.32 Å². The fraction of sp³-hybridized carbons (Fsp3) is 0.188. The lowest BCUT2D eigenvalue weighted by Crippen LogP contribution is -2.38. The van der Waals surface area contributed by atoms with Crippen LogP contribution in [0.5, 0.6) is 0 Å². The Kier molecular flexibility index (Phi) is 4.22. The zero-order valence-corrected chi connectivity index (χ0v) is 13.3. The average Bonchev–Trinajstić information content (AvgIpc) is 3.26. The Labute approximate surface area is 137 Å². The maximum Gasteiger partial charge on any atom is 0.251 e. The van der Waals surface area contributed by atoms with Crippen molar-refractivity contribution in [2.45, 2.75) is 12.5 Å². The van der Waals surface area contributed by atoms with Gasteiger partial charge in [-0.15, -0.1) is 21.5 Å². The van der Waals surface area contributed by atoms with Gasteiger partial charge in [-0.25, -0.2) is 0 Å². The number of nitrogens with one attached hydrogen (secondary N) is 1. The number of aromatic nitrogens is 3. The molecule has 1 aromatic carbocycles. The second kappa shape index (κ2) is 6.31. The number of amides is 1. The van der Waals surface area contributed by atoms with E-state index in [4.69, 9.17) is 0 Å². The molecule has 2 heterocycles. The highest BCUT2D eigenvalue weighted by atomic mass is 32.1. The molecule has 1 amide bonds. The molecule has 0 saturated heterocycles. The molecule has 0 aliphatic carbocycles. The first-order valence-corrected chi connectivity index (χ1v) is 7.94. The second-order valence-electron chi connectivity index (χ2n) is 5.35. The summed E-state index contributed by atoms with van der Waals surface area (Å²) < 4.78 is 1.75. The third-order valence-corrected chi connectivity index (χ3v) is 4.61. The summed E-state index contributed by atoms with van der Waals surface area (Å²) in [6.07, 6.45) is 3.18. The molecule has 1 atom stereocenters. The van der Waals surface area contributed by atoms with Crippen molar-refractivity contribution < 1.29 is 9.90 Å². The van der Waals surface area contributed by atoms with Gasteiger partial charge in [0.15, 0.2) is 0 Å². The molecule has 2 aromatic heterocycles. The third-order valence-electron chi connectivity index (χ3n) is 3.49. The van der Waals surface area contributed by atoms with Crippen molar-refractivity contribution in [3.8, 4) is 5.69 Å². The molecule has 0 fully saturated rings. The van der Waals surface area contributed by atoms with Gasteiger partial charge in [-0.2, -0.15) is 0 Å². The Hall–Kier alpha value is -2.51. The van der Waals surface area contributed by atoms with Gasteiger partial charge >= 0.3 is 0 Å². The molecule has 118 valence electrons. The van der Waals surface area contributed by atoms with E-state index in [1.807, 2.05) is 29.6 Å². The standard InChI is InChI=1S/C16H16N4O2S/c1-16(22,14-3-2-8-23-14)9-17-15(21)12-4-6-13(7-5-12)20-10-18-19-11-20/h2-8,10-11,22H,9H2,1H3,(H,17,21). The smallest absolute Gasteiger partial charge is 0.251 e. The predicted molar refractivity (Wildman–Crippen MR) is 87.6 cm³/mol. The molecular weight excluding hydrogens is 312 g/mol.